The van der Waals surface area contributed by atoms with E-state index in [2.05, 4.69) is 0 Å². The largest absolute Gasteiger partial charge is 0.465 e. The van der Waals surface area contributed by atoms with Crippen LogP contribution in [0, 0.1) is 5.92 Å². The van der Waals surface area contributed by atoms with E-state index in [0.717, 1.165) is 11.1 Å². The van der Waals surface area contributed by atoms with E-state index in [0.29, 0.717) is 31.6 Å². The molecule has 2 aromatic heterocycles. The molecule has 34 heavy (non-hydrogen) atoms. The molecule has 3 atom stereocenters. The maximum atomic E-state index is 13.6. The van der Waals surface area contributed by atoms with Crippen LogP contribution in [0.15, 0.2) is 74.9 Å². The van der Waals surface area contributed by atoms with Gasteiger partial charge in [-0.1, -0.05) is 53.3 Å². The SMILES string of the molecule is CC(=O)C1C2c3ccccc3OC1(C)N=c1s/c(=C/c3ccc(-c4ccccc4Cl)o3)c(=O)n12. The molecule has 2 aliphatic rings. The zero-order valence-electron chi connectivity index (χ0n) is 18.3. The zero-order chi connectivity index (χ0) is 23.6. The van der Waals surface area contributed by atoms with Crippen molar-refractivity contribution in [2.24, 2.45) is 10.9 Å². The van der Waals surface area contributed by atoms with E-state index < -0.39 is 17.7 Å². The Morgan fingerprint density at radius 3 is 2.71 bits per heavy atom. The van der Waals surface area contributed by atoms with Gasteiger partial charge in [-0.15, -0.1) is 0 Å². The smallest absolute Gasteiger partial charge is 0.271 e. The van der Waals surface area contributed by atoms with Gasteiger partial charge in [0.2, 0.25) is 5.72 Å². The summed E-state index contributed by atoms with van der Waals surface area (Å²) in [6.45, 7) is 3.33. The van der Waals surface area contributed by atoms with Gasteiger partial charge in [0.25, 0.3) is 5.56 Å². The lowest BCUT2D eigenvalue weighted by Gasteiger charge is -2.45. The molecule has 4 heterocycles. The molecule has 3 unspecified atom stereocenters. The number of carbonyl (C=O) groups is 1. The van der Waals surface area contributed by atoms with Gasteiger partial charge in [0.1, 0.15) is 29.0 Å². The fourth-order valence-corrected chi connectivity index (χ4v) is 6.23. The lowest BCUT2D eigenvalue weighted by molar-refractivity contribution is -0.132. The van der Waals surface area contributed by atoms with Crippen LogP contribution in [-0.4, -0.2) is 16.1 Å². The molecule has 0 saturated heterocycles. The number of benzene rings is 2. The van der Waals surface area contributed by atoms with Gasteiger partial charge in [-0.2, -0.15) is 0 Å². The predicted octanol–water partition coefficient (Wildman–Crippen LogP) is 4.19. The highest BCUT2D eigenvalue weighted by Gasteiger charge is 2.53. The number of nitrogens with zero attached hydrogens (tertiary/aromatic N) is 2. The molecule has 0 spiro atoms. The Labute approximate surface area is 203 Å². The van der Waals surface area contributed by atoms with E-state index in [1.807, 2.05) is 55.5 Å². The molecule has 0 N–H and O–H groups in total. The molecular weight excluding hydrogens is 472 g/mol. The van der Waals surface area contributed by atoms with Gasteiger partial charge < -0.3 is 9.15 Å². The Kier molecular flexibility index (Phi) is 4.69. The Balaban J connectivity index is 1.53. The number of halogens is 1. The molecule has 6 rings (SSSR count). The molecule has 6 nitrogen and oxygen atoms in total. The molecule has 2 aromatic carbocycles. The number of carbonyl (C=O) groups excluding carboxylic acids is 1. The molecule has 0 amide bonds. The van der Waals surface area contributed by atoms with Crippen LogP contribution in [0.2, 0.25) is 5.02 Å². The number of aromatic nitrogens is 1. The number of thiazole rings is 1. The Morgan fingerprint density at radius 2 is 1.91 bits per heavy atom. The summed E-state index contributed by atoms with van der Waals surface area (Å²) >= 11 is 7.55. The predicted molar refractivity (Wildman–Crippen MR) is 130 cm³/mol. The molecule has 0 aliphatic carbocycles. The third-order valence-electron chi connectivity index (χ3n) is 6.36. The van der Waals surface area contributed by atoms with Gasteiger partial charge in [0.05, 0.1) is 15.6 Å². The van der Waals surface area contributed by atoms with Crippen LogP contribution in [0.1, 0.15) is 31.2 Å². The van der Waals surface area contributed by atoms with Gasteiger partial charge >= 0.3 is 0 Å². The normalized spacial score (nSPS) is 23.0. The Bertz CT molecular complexity index is 1650. The standard InChI is InChI=1S/C26H19ClN2O4S/c1-14(30)22-23-17-8-4-6-10-20(17)33-26(22,2)28-25-29(23)24(31)21(34-25)13-15-11-12-19(32-15)16-7-3-5-9-18(16)27/h3-13,22-23H,1-2H3/b21-13+. The highest BCUT2D eigenvalue weighted by molar-refractivity contribution is 7.07. The number of ketones is 1. The van der Waals surface area contributed by atoms with Crippen LogP contribution in [-0.2, 0) is 4.79 Å². The second-order valence-corrected chi connectivity index (χ2v) is 10.0. The highest BCUT2D eigenvalue weighted by atomic mass is 35.5. The fourth-order valence-electron chi connectivity index (χ4n) is 4.92. The average molecular weight is 491 g/mol. The van der Waals surface area contributed by atoms with E-state index >= 15 is 0 Å². The second-order valence-electron chi connectivity index (χ2n) is 8.59. The molecule has 8 heteroatoms. The molecule has 170 valence electrons. The maximum absolute atomic E-state index is 13.6. The third-order valence-corrected chi connectivity index (χ3v) is 7.67. The van der Waals surface area contributed by atoms with Crippen molar-refractivity contribution in [1.29, 1.82) is 0 Å². The number of Topliss-reactive ketones (excluding diaryl/α,β-unsaturated/α-hetero) is 1. The molecule has 0 saturated carbocycles. The first-order valence-electron chi connectivity index (χ1n) is 10.8. The van der Waals surface area contributed by atoms with E-state index in [1.54, 1.807) is 22.8 Å². The summed E-state index contributed by atoms with van der Waals surface area (Å²) in [6.07, 6.45) is 1.70. The first-order valence-corrected chi connectivity index (χ1v) is 12.0. The summed E-state index contributed by atoms with van der Waals surface area (Å²) in [6, 6.07) is 18.1. The lowest BCUT2D eigenvalue weighted by Crippen LogP contribution is -2.58. The van der Waals surface area contributed by atoms with Crippen molar-refractivity contribution in [2.75, 3.05) is 0 Å². The van der Waals surface area contributed by atoms with Crippen molar-refractivity contribution in [3.63, 3.8) is 0 Å². The molecule has 4 aromatic rings. The van der Waals surface area contributed by atoms with Gasteiger partial charge in [-0.25, -0.2) is 4.99 Å². The fraction of sp³-hybridized carbons (Fsp3) is 0.192. The van der Waals surface area contributed by atoms with E-state index in [1.165, 1.54) is 18.3 Å². The minimum atomic E-state index is -1.08. The summed E-state index contributed by atoms with van der Waals surface area (Å²) in [5.74, 6) is 1.10. The maximum Gasteiger partial charge on any atom is 0.271 e. The average Bonchev–Trinajstić information content (AvgIpc) is 3.37. The minimum Gasteiger partial charge on any atom is -0.465 e. The Morgan fingerprint density at radius 1 is 1.15 bits per heavy atom. The molecule has 0 radical (unpaired) electrons. The van der Waals surface area contributed by atoms with Gasteiger partial charge in [0, 0.05) is 17.2 Å². The van der Waals surface area contributed by atoms with Crippen LogP contribution in [0.3, 0.4) is 0 Å². The van der Waals surface area contributed by atoms with Crippen molar-refractivity contribution >= 4 is 34.8 Å². The van der Waals surface area contributed by atoms with Crippen molar-refractivity contribution in [3.8, 4) is 17.1 Å². The van der Waals surface area contributed by atoms with Crippen LogP contribution in [0.4, 0.5) is 0 Å². The van der Waals surface area contributed by atoms with Gasteiger partial charge in [-0.3, -0.25) is 14.2 Å². The van der Waals surface area contributed by atoms with Crippen molar-refractivity contribution in [2.45, 2.75) is 25.6 Å². The summed E-state index contributed by atoms with van der Waals surface area (Å²) in [7, 11) is 0. The number of ether oxygens (including phenoxy) is 1. The number of furan rings is 1. The number of para-hydroxylation sites is 1. The summed E-state index contributed by atoms with van der Waals surface area (Å²) in [5, 5.41) is 0.586. The van der Waals surface area contributed by atoms with Crippen LogP contribution in [0.5, 0.6) is 5.75 Å². The molecule has 2 aliphatic heterocycles. The van der Waals surface area contributed by atoms with Crippen molar-refractivity contribution in [1.82, 2.24) is 4.57 Å². The first-order chi connectivity index (χ1) is 16.4. The van der Waals surface area contributed by atoms with Crippen molar-refractivity contribution in [3.05, 3.63) is 96.7 Å². The molecular formula is C26H19ClN2O4S. The lowest BCUT2D eigenvalue weighted by atomic mass is 9.79. The minimum absolute atomic E-state index is 0.0737. The molecule has 2 bridgehead atoms. The summed E-state index contributed by atoms with van der Waals surface area (Å²) in [4.78, 5) is 31.6. The third kappa shape index (κ3) is 3.11. The van der Waals surface area contributed by atoms with E-state index in [4.69, 9.17) is 25.7 Å². The van der Waals surface area contributed by atoms with E-state index in [-0.39, 0.29) is 11.3 Å². The Hall–Kier alpha value is -3.42. The number of rotatable bonds is 3. The molecule has 0 fully saturated rings. The number of hydrogen-bond donors (Lipinski definition) is 0. The number of hydrogen-bond acceptors (Lipinski definition) is 6. The van der Waals surface area contributed by atoms with E-state index in [9.17, 15) is 9.59 Å². The zero-order valence-corrected chi connectivity index (χ0v) is 19.9. The van der Waals surface area contributed by atoms with Crippen LogP contribution < -0.4 is 19.6 Å². The van der Waals surface area contributed by atoms with Gasteiger partial charge in [-0.05, 0) is 44.2 Å². The topological polar surface area (TPSA) is 73.8 Å². The monoisotopic (exact) mass is 490 g/mol. The quantitative estimate of drug-likeness (QED) is 0.431. The second kappa shape index (κ2) is 7.55. The highest BCUT2D eigenvalue weighted by Crippen LogP contribution is 2.47. The van der Waals surface area contributed by atoms with Crippen LogP contribution >= 0.6 is 22.9 Å². The summed E-state index contributed by atoms with van der Waals surface area (Å²) in [5.41, 5.74) is 0.290. The van der Waals surface area contributed by atoms with Crippen molar-refractivity contribution < 1.29 is 13.9 Å². The first kappa shape index (κ1) is 21.1. The number of fused-ring (bicyclic) bond motifs is 6. The van der Waals surface area contributed by atoms with Gasteiger partial charge in [0.15, 0.2) is 4.80 Å². The van der Waals surface area contributed by atoms with Crippen LogP contribution in [0.25, 0.3) is 17.4 Å². The summed E-state index contributed by atoms with van der Waals surface area (Å²) < 4.78 is 14.3.